The van der Waals surface area contributed by atoms with Gasteiger partial charge in [0.05, 0.1) is 9.60 Å². The summed E-state index contributed by atoms with van der Waals surface area (Å²) in [6.07, 6.45) is 0. The van der Waals surface area contributed by atoms with Gasteiger partial charge in [0, 0.05) is 16.7 Å². The van der Waals surface area contributed by atoms with E-state index < -0.39 is 42.3 Å². The summed E-state index contributed by atoms with van der Waals surface area (Å²) >= 11 is 0. The summed E-state index contributed by atoms with van der Waals surface area (Å²) in [5.74, 6) is 0.514. The predicted molar refractivity (Wildman–Crippen MR) is 217 cm³/mol. The van der Waals surface area contributed by atoms with Crippen LogP contribution in [0.4, 0.5) is 0 Å². The van der Waals surface area contributed by atoms with E-state index in [2.05, 4.69) is 60.7 Å². The average Bonchev–Trinajstić information content (AvgIpc) is 3.28. The van der Waals surface area contributed by atoms with E-state index >= 15 is 0 Å². The lowest BCUT2D eigenvalue weighted by molar-refractivity contribution is 1.08. The molecule has 10 aromatic rings. The van der Waals surface area contributed by atoms with Gasteiger partial charge in [-0.15, -0.1) is 0 Å². The molecular formula is C49H31N3. The van der Waals surface area contributed by atoms with Gasteiger partial charge in [-0.2, -0.15) is 0 Å². The molecule has 242 valence electrons. The van der Waals surface area contributed by atoms with Crippen molar-refractivity contribution in [3.8, 4) is 56.4 Å². The van der Waals surface area contributed by atoms with Gasteiger partial charge in [0.2, 0.25) is 0 Å². The van der Waals surface area contributed by atoms with Crippen LogP contribution in [0.2, 0.25) is 0 Å². The fourth-order valence-electron chi connectivity index (χ4n) is 7.03. The maximum Gasteiger partial charge on any atom is 0.164 e. The van der Waals surface area contributed by atoms with E-state index in [4.69, 9.17) is 24.5 Å². The van der Waals surface area contributed by atoms with Gasteiger partial charge in [0.1, 0.15) is 0 Å². The Kier molecular flexibility index (Phi) is 5.60. The van der Waals surface area contributed by atoms with E-state index in [1.807, 2.05) is 84.9 Å². The molecule has 0 saturated carbocycles. The number of rotatable bonds is 5. The molecule has 1 aromatic heterocycles. The topological polar surface area (TPSA) is 38.7 Å². The summed E-state index contributed by atoms with van der Waals surface area (Å²) in [6.45, 7) is 0. The highest BCUT2D eigenvalue weighted by Gasteiger charge is 2.17. The summed E-state index contributed by atoms with van der Waals surface area (Å²) < 4.78 is 61.1. The van der Waals surface area contributed by atoms with Crippen molar-refractivity contribution in [2.75, 3.05) is 0 Å². The number of fused-ring (bicyclic) bond motifs is 5. The highest BCUT2D eigenvalue weighted by molar-refractivity contribution is 6.11. The van der Waals surface area contributed by atoms with Gasteiger partial charge in [-0.05, 0) is 83.5 Å². The molecule has 3 heteroatoms. The maximum atomic E-state index is 9.13. The van der Waals surface area contributed by atoms with Crippen LogP contribution < -0.4 is 0 Å². The quantitative estimate of drug-likeness (QED) is 0.171. The van der Waals surface area contributed by atoms with Crippen LogP contribution in [0, 0.1) is 0 Å². The molecule has 10 rings (SSSR count). The third-order valence-corrected chi connectivity index (χ3v) is 9.60. The van der Waals surface area contributed by atoms with Crippen LogP contribution in [0.1, 0.15) is 9.60 Å². The zero-order valence-corrected chi connectivity index (χ0v) is 27.7. The van der Waals surface area contributed by atoms with Gasteiger partial charge in [-0.25, -0.2) is 15.0 Å². The fourth-order valence-corrected chi connectivity index (χ4v) is 7.03. The van der Waals surface area contributed by atoms with Crippen molar-refractivity contribution in [1.29, 1.82) is 0 Å². The fraction of sp³-hybridized carbons (Fsp3) is 0. The van der Waals surface area contributed by atoms with Gasteiger partial charge >= 0.3 is 0 Å². The van der Waals surface area contributed by atoms with E-state index in [1.165, 1.54) is 0 Å². The van der Waals surface area contributed by atoms with Gasteiger partial charge in [0.15, 0.2) is 17.5 Å². The van der Waals surface area contributed by atoms with Gasteiger partial charge in [0.25, 0.3) is 0 Å². The highest BCUT2D eigenvalue weighted by atomic mass is 15.0. The Morgan fingerprint density at radius 1 is 0.308 bits per heavy atom. The largest absolute Gasteiger partial charge is 0.208 e. The van der Waals surface area contributed by atoms with Crippen molar-refractivity contribution in [1.82, 2.24) is 15.0 Å². The Morgan fingerprint density at radius 2 is 0.923 bits per heavy atom. The summed E-state index contributed by atoms with van der Waals surface area (Å²) in [4.78, 5) is 14.9. The van der Waals surface area contributed by atoms with Crippen molar-refractivity contribution in [3.05, 3.63) is 188 Å². The van der Waals surface area contributed by atoms with Crippen LogP contribution in [0.15, 0.2) is 188 Å². The van der Waals surface area contributed by atoms with E-state index in [0.717, 1.165) is 54.6 Å². The third kappa shape index (κ3) is 5.28. The molecule has 0 spiro atoms. The SMILES string of the molecule is [2H]c1c([2H])c([2H])c2c(-c3nc(-c4cccc(-c5ccc6cc(-c7ccccc7)ccc6c5)c4)nc(-c4cccc5c4ccc4ccccc45)n3)c([2H])c([2H])c([2H])c2c1[2H]. The Bertz CT molecular complexity index is 3360. The first kappa shape index (κ1) is 23.4. The average molecular weight is 669 g/mol. The predicted octanol–water partition coefficient (Wildman–Crippen LogP) is 12.8. The van der Waals surface area contributed by atoms with E-state index in [0.29, 0.717) is 11.1 Å². The lowest BCUT2D eigenvalue weighted by Crippen LogP contribution is -2.01. The van der Waals surface area contributed by atoms with Crippen LogP contribution >= 0.6 is 0 Å². The minimum Gasteiger partial charge on any atom is -0.208 e. The molecule has 0 saturated heterocycles. The number of hydrogen-bond acceptors (Lipinski definition) is 3. The first-order valence-electron chi connectivity index (χ1n) is 20.5. The number of aromatic nitrogens is 3. The molecule has 0 aliphatic carbocycles. The summed E-state index contributed by atoms with van der Waals surface area (Å²) in [5.41, 5.74) is 5.48. The van der Waals surface area contributed by atoms with E-state index in [9.17, 15) is 0 Å². The molecule has 0 aliphatic rings. The Balaban J connectivity index is 1.19. The molecule has 0 atom stereocenters. The molecule has 0 amide bonds. The molecule has 0 radical (unpaired) electrons. The second kappa shape index (κ2) is 12.4. The molecule has 0 aliphatic heterocycles. The van der Waals surface area contributed by atoms with Crippen molar-refractivity contribution in [3.63, 3.8) is 0 Å². The Hall–Kier alpha value is -6.97. The number of benzene rings is 9. The standard InChI is InChI=1S/C49H31N3/c1-2-11-32(12-3-1)36-23-24-39-30-37(25-26-38(39)29-36)35-16-8-17-40(31-35)47-50-48(45-21-9-15-33-13-4-7-19-42(33)45)52-49(51-47)46-22-10-20-43-41-18-6-5-14-34(41)27-28-44(43)46/h1-31H/i4D,7D,9D,13D,15D,19D,21D. The van der Waals surface area contributed by atoms with Crippen molar-refractivity contribution >= 4 is 43.1 Å². The summed E-state index contributed by atoms with van der Waals surface area (Å²) in [5, 5.41) is 5.96. The minimum atomic E-state index is -0.527. The van der Waals surface area contributed by atoms with Crippen molar-refractivity contribution in [2.24, 2.45) is 0 Å². The molecule has 0 unspecified atom stereocenters. The zero-order chi connectivity index (χ0) is 40.5. The van der Waals surface area contributed by atoms with Crippen molar-refractivity contribution in [2.45, 2.75) is 0 Å². The van der Waals surface area contributed by atoms with Gasteiger partial charge < -0.3 is 0 Å². The Labute approximate surface area is 311 Å². The normalized spacial score (nSPS) is 13.3. The first-order valence-corrected chi connectivity index (χ1v) is 17.0. The lowest BCUT2D eigenvalue weighted by Gasteiger charge is -2.13. The number of nitrogens with zero attached hydrogens (tertiary/aromatic N) is 3. The van der Waals surface area contributed by atoms with Crippen LogP contribution in [0.25, 0.3) is 99.5 Å². The monoisotopic (exact) mass is 668 g/mol. The van der Waals surface area contributed by atoms with Crippen LogP contribution in [-0.4, -0.2) is 15.0 Å². The summed E-state index contributed by atoms with van der Waals surface area (Å²) in [6, 6.07) is 45.7. The highest BCUT2D eigenvalue weighted by Crippen LogP contribution is 2.36. The molecule has 3 nitrogen and oxygen atoms in total. The van der Waals surface area contributed by atoms with Crippen molar-refractivity contribution < 1.29 is 9.60 Å². The molecule has 9 aromatic carbocycles. The minimum absolute atomic E-state index is 0.0401. The molecule has 52 heavy (non-hydrogen) atoms. The zero-order valence-electron chi connectivity index (χ0n) is 34.7. The van der Waals surface area contributed by atoms with E-state index in [1.54, 1.807) is 0 Å². The van der Waals surface area contributed by atoms with Crippen LogP contribution in [0.5, 0.6) is 0 Å². The lowest BCUT2D eigenvalue weighted by atomic mass is 9.97. The smallest absolute Gasteiger partial charge is 0.164 e. The molecule has 0 bridgehead atoms. The van der Waals surface area contributed by atoms with Gasteiger partial charge in [-0.1, -0.05) is 170 Å². The number of hydrogen-bond donors (Lipinski definition) is 0. The van der Waals surface area contributed by atoms with Crippen LogP contribution in [0.3, 0.4) is 0 Å². The first-order chi connectivity index (χ1) is 28.7. The third-order valence-electron chi connectivity index (χ3n) is 9.60. The Morgan fingerprint density at radius 3 is 1.79 bits per heavy atom. The molecular weight excluding hydrogens is 631 g/mol. The van der Waals surface area contributed by atoms with Gasteiger partial charge in [-0.3, -0.25) is 0 Å². The maximum absolute atomic E-state index is 9.13. The summed E-state index contributed by atoms with van der Waals surface area (Å²) in [7, 11) is 0. The van der Waals surface area contributed by atoms with E-state index in [-0.39, 0.29) is 33.8 Å². The second-order valence-electron chi connectivity index (χ2n) is 12.7. The second-order valence-corrected chi connectivity index (χ2v) is 12.7. The molecule has 1 heterocycles. The van der Waals surface area contributed by atoms with Crippen LogP contribution in [-0.2, 0) is 0 Å². The molecule has 0 fully saturated rings. The molecule has 0 N–H and O–H groups in total.